The van der Waals surface area contributed by atoms with Gasteiger partial charge in [-0.25, -0.2) is 0 Å². The van der Waals surface area contributed by atoms with Crippen molar-refractivity contribution in [2.75, 3.05) is 7.11 Å². The van der Waals surface area contributed by atoms with Crippen LogP contribution < -0.4 is 5.73 Å². The average Bonchev–Trinajstić information content (AvgIpc) is 2.88. The highest BCUT2D eigenvalue weighted by Crippen LogP contribution is 2.18. The number of hydrogen-bond donors (Lipinski definition) is 1. The van der Waals surface area contributed by atoms with Crippen molar-refractivity contribution in [3.05, 3.63) is 47.1 Å². The van der Waals surface area contributed by atoms with Gasteiger partial charge in [0.05, 0.1) is 12.6 Å². The van der Waals surface area contributed by atoms with Crippen LogP contribution in [0, 0.1) is 0 Å². The Labute approximate surface area is 112 Å². The molecule has 0 saturated heterocycles. The second-order valence-corrected chi connectivity index (χ2v) is 4.45. The maximum atomic E-state index is 6.13. The van der Waals surface area contributed by atoms with Crippen molar-refractivity contribution in [2.24, 2.45) is 5.73 Å². The van der Waals surface area contributed by atoms with Crippen molar-refractivity contribution in [1.29, 1.82) is 0 Å². The van der Waals surface area contributed by atoms with Crippen LogP contribution in [0.15, 0.2) is 28.8 Å². The van der Waals surface area contributed by atoms with Crippen LogP contribution in [-0.4, -0.2) is 17.3 Å². The Morgan fingerprint density at radius 2 is 2.05 bits per heavy atom. The summed E-state index contributed by atoms with van der Waals surface area (Å²) < 4.78 is 10.2. The first-order valence-corrected chi connectivity index (χ1v) is 6.40. The summed E-state index contributed by atoms with van der Waals surface area (Å²) in [6.45, 7) is 2.66. The predicted octanol–water partition coefficient (Wildman–Crippen LogP) is 2.22. The molecule has 0 bridgehead atoms. The Kier molecular flexibility index (Phi) is 4.65. The van der Waals surface area contributed by atoms with E-state index < -0.39 is 0 Å². The molecule has 0 amide bonds. The van der Waals surface area contributed by atoms with Crippen LogP contribution in [0.25, 0.3) is 0 Å². The summed E-state index contributed by atoms with van der Waals surface area (Å²) in [5, 5.41) is 3.93. The lowest BCUT2D eigenvalue weighted by atomic mass is 10.1. The first-order valence-electron chi connectivity index (χ1n) is 6.40. The van der Waals surface area contributed by atoms with Crippen LogP contribution >= 0.6 is 0 Å². The van der Waals surface area contributed by atoms with Crippen LogP contribution in [0.4, 0.5) is 0 Å². The fourth-order valence-corrected chi connectivity index (χ4v) is 1.85. The van der Waals surface area contributed by atoms with Crippen LogP contribution in [0.3, 0.4) is 0 Å². The molecule has 0 aliphatic heterocycles. The highest BCUT2D eigenvalue weighted by atomic mass is 16.5. The van der Waals surface area contributed by atoms with Gasteiger partial charge in [-0.2, -0.15) is 4.98 Å². The minimum atomic E-state index is -0.356. The van der Waals surface area contributed by atoms with Crippen LogP contribution in [-0.2, 0) is 17.8 Å². The maximum absolute atomic E-state index is 6.13. The van der Waals surface area contributed by atoms with Gasteiger partial charge < -0.3 is 15.0 Å². The predicted molar refractivity (Wildman–Crippen MR) is 71.5 cm³/mol. The standard InChI is InChI=1S/C14H19N3O2/c1-3-4-12-16-14(17-19-12)13(15)11-7-5-10(6-8-11)9-18-2/h5-8,13H,3-4,9,15H2,1-2H3. The first-order chi connectivity index (χ1) is 9.24. The molecular weight excluding hydrogens is 242 g/mol. The smallest absolute Gasteiger partial charge is 0.226 e. The highest BCUT2D eigenvalue weighted by Gasteiger charge is 2.15. The molecule has 5 nitrogen and oxygen atoms in total. The van der Waals surface area contributed by atoms with E-state index >= 15 is 0 Å². The number of rotatable bonds is 6. The summed E-state index contributed by atoms with van der Waals surface area (Å²) >= 11 is 0. The summed E-state index contributed by atoms with van der Waals surface area (Å²) in [5.74, 6) is 1.17. The fraction of sp³-hybridized carbons (Fsp3) is 0.429. The molecule has 0 aliphatic rings. The first kappa shape index (κ1) is 13.7. The zero-order valence-electron chi connectivity index (χ0n) is 11.3. The number of nitrogens with two attached hydrogens (primary N) is 1. The quantitative estimate of drug-likeness (QED) is 0.863. The van der Waals surface area contributed by atoms with Gasteiger partial charge in [-0.1, -0.05) is 36.3 Å². The molecule has 1 aromatic carbocycles. The van der Waals surface area contributed by atoms with Gasteiger partial charge in [-0.05, 0) is 17.5 Å². The van der Waals surface area contributed by atoms with Gasteiger partial charge in [0.25, 0.3) is 0 Å². The zero-order valence-corrected chi connectivity index (χ0v) is 11.3. The van der Waals surface area contributed by atoms with Crippen molar-refractivity contribution >= 4 is 0 Å². The molecule has 102 valence electrons. The molecule has 0 fully saturated rings. The number of nitrogens with zero attached hydrogens (tertiary/aromatic N) is 2. The fourth-order valence-electron chi connectivity index (χ4n) is 1.85. The van der Waals surface area contributed by atoms with Gasteiger partial charge in [-0.3, -0.25) is 0 Å². The van der Waals surface area contributed by atoms with Crippen LogP contribution in [0.1, 0.15) is 42.2 Å². The summed E-state index contributed by atoms with van der Waals surface area (Å²) in [6, 6.07) is 7.56. The largest absolute Gasteiger partial charge is 0.380 e. The van der Waals surface area contributed by atoms with E-state index in [0.717, 1.165) is 24.0 Å². The summed E-state index contributed by atoms with van der Waals surface area (Å²) in [6.07, 6.45) is 1.76. The van der Waals surface area contributed by atoms with E-state index in [9.17, 15) is 0 Å². The van der Waals surface area contributed by atoms with E-state index in [1.54, 1.807) is 7.11 Å². The molecule has 1 unspecified atom stereocenters. The summed E-state index contributed by atoms with van der Waals surface area (Å²) in [5.41, 5.74) is 8.20. The molecule has 1 heterocycles. The summed E-state index contributed by atoms with van der Waals surface area (Å²) in [7, 11) is 1.67. The molecule has 0 saturated carbocycles. The number of methoxy groups -OCH3 is 1. The molecule has 5 heteroatoms. The van der Waals surface area contributed by atoms with Gasteiger partial charge in [0.15, 0.2) is 5.82 Å². The minimum Gasteiger partial charge on any atom is -0.380 e. The van der Waals surface area contributed by atoms with Crippen molar-refractivity contribution < 1.29 is 9.26 Å². The second kappa shape index (κ2) is 6.45. The number of benzene rings is 1. The highest BCUT2D eigenvalue weighted by molar-refractivity contribution is 5.27. The van der Waals surface area contributed by atoms with Crippen molar-refractivity contribution in [2.45, 2.75) is 32.4 Å². The average molecular weight is 261 g/mol. The van der Waals surface area contributed by atoms with Gasteiger partial charge in [0, 0.05) is 13.5 Å². The molecule has 0 spiro atoms. The van der Waals surface area contributed by atoms with Gasteiger partial charge in [0.2, 0.25) is 5.89 Å². The topological polar surface area (TPSA) is 74.2 Å². The van der Waals surface area contributed by atoms with Crippen molar-refractivity contribution in [1.82, 2.24) is 10.1 Å². The van der Waals surface area contributed by atoms with E-state index in [-0.39, 0.29) is 6.04 Å². The molecule has 2 rings (SSSR count). The third kappa shape index (κ3) is 3.39. The molecule has 1 aromatic heterocycles. The molecular formula is C14H19N3O2. The van der Waals surface area contributed by atoms with E-state index in [2.05, 4.69) is 17.1 Å². The Hall–Kier alpha value is -1.72. The third-order valence-corrected chi connectivity index (χ3v) is 2.88. The van der Waals surface area contributed by atoms with E-state index in [4.69, 9.17) is 15.0 Å². The Morgan fingerprint density at radius 3 is 2.68 bits per heavy atom. The monoisotopic (exact) mass is 261 g/mol. The van der Waals surface area contributed by atoms with E-state index in [0.29, 0.717) is 18.3 Å². The number of hydrogen-bond acceptors (Lipinski definition) is 5. The van der Waals surface area contributed by atoms with Crippen molar-refractivity contribution in [3.63, 3.8) is 0 Å². The van der Waals surface area contributed by atoms with E-state index in [1.165, 1.54) is 0 Å². The van der Waals surface area contributed by atoms with E-state index in [1.807, 2.05) is 24.3 Å². The Morgan fingerprint density at radius 1 is 1.32 bits per heavy atom. The maximum Gasteiger partial charge on any atom is 0.226 e. The minimum absolute atomic E-state index is 0.356. The van der Waals surface area contributed by atoms with Gasteiger partial charge in [0.1, 0.15) is 0 Å². The molecule has 2 N–H and O–H groups in total. The number of aryl methyl sites for hydroxylation is 1. The lowest BCUT2D eigenvalue weighted by Crippen LogP contribution is -2.13. The Bertz CT molecular complexity index is 508. The summed E-state index contributed by atoms with van der Waals surface area (Å²) in [4.78, 5) is 4.31. The van der Waals surface area contributed by atoms with Gasteiger partial charge >= 0.3 is 0 Å². The normalized spacial score (nSPS) is 12.6. The molecule has 1 atom stereocenters. The SMILES string of the molecule is CCCc1nc(C(N)c2ccc(COC)cc2)no1. The van der Waals surface area contributed by atoms with Crippen molar-refractivity contribution in [3.8, 4) is 0 Å². The molecule has 2 aromatic rings. The number of ether oxygens (including phenoxy) is 1. The zero-order chi connectivity index (χ0) is 13.7. The lowest BCUT2D eigenvalue weighted by Gasteiger charge is -2.08. The molecule has 0 radical (unpaired) electrons. The number of aromatic nitrogens is 2. The van der Waals surface area contributed by atoms with Crippen LogP contribution in [0.5, 0.6) is 0 Å². The third-order valence-electron chi connectivity index (χ3n) is 2.88. The lowest BCUT2D eigenvalue weighted by molar-refractivity contribution is 0.185. The van der Waals surface area contributed by atoms with Gasteiger partial charge in [-0.15, -0.1) is 0 Å². The second-order valence-electron chi connectivity index (χ2n) is 4.45. The molecule has 0 aliphatic carbocycles. The molecule has 19 heavy (non-hydrogen) atoms. The Balaban J connectivity index is 2.11. The van der Waals surface area contributed by atoms with Crippen LogP contribution in [0.2, 0.25) is 0 Å².